The van der Waals surface area contributed by atoms with E-state index in [1.54, 1.807) is 0 Å². The first-order valence-corrected chi connectivity index (χ1v) is 7.71. The zero-order chi connectivity index (χ0) is 13.6. The van der Waals surface area contributed by atoms with Crippen LogP contribution in [0.25, 0.3) is 0 Å². The molecular formula is C15H20BrNO2. The van der Waals surface area contributed by atoms with Gasteiger partial charge in [-0.3, -0.25) is 0 Å². The maximum absolute atomic E-state index is 6.02. The molecule has 1 aliphatic carbocycles. The highest BCUT2D eigenvalue weighted by Gasteiger charge is 2.47. The summed E-state index contributed by atoms with van der Waals surface area (Å²) in [5, 5.41) is 0. The van der Waals surface area contributed by atoms with Crippen molar-refractivity contribution in [2.24, 2.45) is 5.73 Å². The summed E-state index contributed by atoms with van der Waals surface area (Å²) in [6, 6.07) is 2.05. The van der Waals surface area contributed by atoms with E-state index >= 15 is 0 Å². The molecule has 3 rings (SSSR count). The van der Waals surface area contributed by atoms with E-state index in [-0.39, 0.29) is 5.41 Å². The second-order valence-electron chi connectivity index (χ2n) is 5.81. The summed E-state index contributed by atoms with van der Waals surface area (Å²) >= 11 is 3.72. The third-order valence-corrected chi connectivity index (χ3v) is 4.80. The van der Waals surface area contributed by atoms with E-state index in [4.69, 9.17) is 15.2 Å². The van der Waals surface area contributed by atoms with Crippen molar-refractivity contribution in [2.45, 2.75) is 38.0 Å². The molecule has 0 aromatic heterocycles. The Labute approximate surface area is 122 Å². The lowest BCUT2D eigenvalue weighted by Crippen LogP contribution is -2.25. The molecule has 0 atom stereocenters. The van der Waals surface area contributed by atoms with E-state index in [2.05, 4.69) is 29.8 Å². The number of hydrogen-bond acceptors (Lipinski definition) is 3. The lowest BCUT2D eigenvalue weighted by molar-refractivity contribution is 0.169. The maximum atomic E-state index is 6.02. The van der Waals surface area contributed by atoms with Crippen molar-refractivity contribution in [3.8, 4) is 11.5 Å². The molecule has 1 aliphatic heterocycles. The van der Waals surface area contributed by atoms with Crippen LogP contribution in [0.2, 0.25) is 0 Å². The predicted molar refractivity (Wildman–Crippen MR) is 79.2 cm³/mol. The van der Waals surface area contributed by atoms with Gasteiger partial charge in [-0.05, 0) is 30.4 Å². The number of hydrogen-bond donors (Lipinski definition) is 1. The van der Waals surface area contributed by atoms with E-state index < -0.39 is 0 Å². The maximum Gasteiger partial charge on any atom is 0.165 e. The SMILES string of the molecule is CC(C)c1c2c(cc(Br)c1C1(CN)CC1)OCCO2. The molecule has 0 amide bonds. The molecule has 1 saturated carbocycles. The van der Waals surface area contributed by atoms with Crippen LogP contribution in [0.3, 0.4) is 0 Å². The minimum atomic E-state index is 0.147. The van der Waals surface area contributed by atoms with Crippen LogP contribution in [0.1, 0.15) is 43.7 Å². The minimum absolute atomic E-state index is 0.147. The highest BCUT2D eigenvalue weighted by Crippen LogP contribution is 2.56. The van der Waals surface area contributed by atoms with Crippen LogP contribution in [-0.2, 0) is 5.41 Å². The average molecular weight is 326 g/mol. The quantitative estimate of drug-likeness (QED) is 0.927. The molecule has 2 aliphatic rings. The van der Waals surface area contributed by atoms with Crippen molar-refractivity contribution in [1.82, 2.24) is 0 Å². The summed E-state index contributed by atoms with van der Waals surface area (Å²) < 4.78 is 12.7. The van der Waals surface area contributed by atoms with Crippen molar-refractivity contribution in [1.29, 1.82) is 0 Å². The van der Waals surface area contributed by atoms with E-state index in [0.29, 0.717) is 25.7 Å². The molecular weight excluding hydrogens is 306 g/mol. The summed E-state index contributed by atoms with van der Waals surface area (Å²) in [6.45, 7) is 6.36. The van der Waals surface area contributed by atoms with Crippen LogP contribution in [-0.4, -0.2) is 19.8 Å². The molecule has 19 heavy (non-hydrogen) atoms. The Bertz CT molecular complexity index is 509. The van der Waals surface area contributed by atoms with Gasteiger partial charge in [0.25, 0.3) is 0 Å². The van der Waals surface area contributed by atoms with Gasteiger partial charge in [0, 0.05) is 22.0 Å². The van der Waals surface area contributed by atoms with Gasteiger partial charge >= 0.3 is 0 Å². The van der Waals surface area contributed by atoms with Gasteiger partial charge in [-0.25, -0.2) is 0 Å². The molecule has 3 nitrogen and oxygen atoms in total. The van der Waals surface area contributed by atoms with Gasteiger partial charge in [0.1, 0.15) is 13.2 Å². The Morgan fingerprint density at radius 1 is 1.32 bits per heavy atom. The fraction of sp³-hybridized carbons (Fsp3) is 0.600. The Balaban J connectivity index is 2.23. The van der Waals surface area contributed by atoms with E-state index in [1.165, 1.54) is 24.0 Å². The highest BCUT2D eigenvalue weighted by atomic mass is 79.9. The first kappa shape index (κ1) is 13.3. The highest BCUT2D eigenvalue weighted by molar-refractivity contribution is 9.10. The fourth-order valence-electron chi connectivity index (χ4n) is 2.98. The monoisotopic (exact) mass is 325 g/mol. The summed E-state index contributed by atoms with van der Waals surface area (Å²) in [6.07, 6.45) is 2.34. The van der Waals surface area contributed by atoms with E-state index in [1.807, 2.05) is 6.07 Å². The van der Waals surface area contributed by atoms with Crippen molar-refractivity contribution in [3.63, 3.8) is 0 Å². The average Bonchev–Trinajstić information content (AvgIpc) is 3.17. The Morgan fingerprint density at radius 2 is 2.00 bits per heavy atom. The summed E-state index contributed by atoms with van der Waals surface area (Å²) in [5.41, 5.74) is 8.78. The normalized spacial score (nSPS) is 19.6. The molecule has 0 radical (unpaired) electrons. The topological polar surface area (TPSA) is 44.5 Å². The van der Waals surface area contributed by atoms with Crippen molar-refractivity contribution in [3.05, 3.63) is 21.7 Å². The lowest BCUT2D eigenvalue weighted by atomic mass is 9.85. The van der Waals surface area contributed by atoms with Gasteiger partial charge < -0.3 is 15.2 Å². The van der Waals surface area contributed by atoms with E-state index in [9.17, 15) is 0 Å². The Kier molecular flexibility index (Phi) is 3.26. The molecule has 0 unspecified atom stereocenters. The molecule has 0 spiro atoms. The number of fused-ring (bicyclic) bond motifs is 1. The van der Waals surface area contributed by atoms with Gasteiger partial charge in [-0.15, -0.1) is 0 Å². The van der Waals surface area contributed by atoms with Crippen LogP contribution >= 0.6 is 15.9 Å². The van der Waals surface area contributed by atoms with Crippen LogP contribution in [0, 0.1) is 0 Å². The second-order valence-corrected chi connectivity index (χ2v) is 6.66. The summed E-state index contributed by atoms with van der Waals surface area (Å²) in [7, 11) is 0. The number of nitrogens with two attached hydrogens (primary N) is 1. The number of ether oxygens (including phenoxy) is 2. The predicted octanol–water partition coefficient (Wildman–Crippen LogP) is 3.33. The van der Waals surface area contributed by atoms with Gasteiger partial charge in [-0.1, -0.05) is 29.8 Å². The first-order chi connectivity index (χ1) is 9.09. The van der Waals surface area contributed by atoms with Gasteiger partial charge in [0.2, 0.25) is 0 Å². The minimum Gasteiger partial charge on any atom is -0.486 e. The van der Waals surface area contributed by atoms with Gasteiger partial charge in [-0.2, -0.15) is 0 Å². The largest absolute Gasteiger partial charge is 0.486 e. The van der Waals surface area contributed by atoms with Crippen molar-refractivity contribution >= 4 is 15.9 Å². The fourth-order valence-corrected chi connectivity index (χ4v) is 3.82. The molecule has 0 saturated heterocycles. The molecule has 104 valence electrons. The molecule has 1 heterocycles. The van der Waals surface area contributed by atoms with Crippen molar-refractivity contribution < 1.29 is 9.47 Å². The number of halogens is 1. The molecule has 1 aromatic rings. The number of benzene rings is 1. The molecule has 1 aromatic carbocycles. The van der Waals surface area contributed by atoms with Gasteiger partial charge in [0.05, 0.1) is 0 Å². The van der Waals surface area contributed by atoms with Gasteiger partial charge in [0.15, 0.2) is 11.5 Å². The molecule has 0 bridgehead atoms. The molecule has 1 fully saturated rings. The summed E-state index contributed by atoms with van der Waals surface area (Å²) in [5.74, 6) is 2.18. The van der Waals surface area contributed by atoms with Crippen LogP contribution < -0.4 is 15.2 Å². The Morgan fingerprint density at radius 3 is 2.58 bits per heavy atom. The van der Waals surface area contributed by atoms with Crippen LogP contribution in [0.15, 0.2) is 10.5 Å². The summed E-state index contributed by atoms with van der Waals surface area (Å²) in [4.78, 5) is 0. The lowest BCUT2D eigenvalue weighted by Gasteiger charge is -2.29. The molecule has 2 N–H and O–H groups in total. The molecule has 4 heteroatoms. The van der Waals surface area contributed by atoms with E-state index in [0.717, 1.165) is 16.0 Å². The zero-order valence-corrected chi connectivity index (χ0v) is 13.0. The smallest absolute Gasteiger partial charge is 0.165 e. The third-order valence-electron chi connectivity index (χ3n) is 4.17. The van der Waals surface area contributed by atoms with Crippen molar-refractivity contribution in [2.75, 3.05) is 19.8 Å². The zero-order valence-electron chi connectivity index (χ0n) is 11.5. The van der Waals surface area contributed by atoms with Crippen LogP contribution in [0.5, 0.6) is 11.5 Å². The first-order valence-electron chi connectivity index (χ1n) is 6.91. The standard InChI is InChI=1S/C15H20BrNO2/c1-9(2)12-13(15(8-17)3-4-15)10(16)7-11-14(12)19-6-5-18-11/h7,9H,3-6,8,17H2,1-2H3. The Hall–Kier alpha value is -0.740. The third kappa shape index (κ3) is 2.05. The van der Waals surface area contributed by atoms with Crippen LogP contribution in [0.4, 0.5) is 0 Å². The number of rotatable bonds is 3. The second kappa shape index (κ2) is 4.67.